The minimum absolute atomic E-state index is 0.0114. The molecule has 2 N–H and O–H groups in total. The second-order valence-corrected chi connectivity index (χ2v) is 9.55. The SMILES string of the molecule is CC1(C)CC(=O)C2=C(C1)N(c1ccc(F)cc1F)C(N)=C(C#N)C2c1cccc(Br)c1. The highest BCUT2D eigenvalue weighted by atomic mass is 79.9. The van der Waals surface area contributed by atoms with Crippen molar-refractivity contribution in [1.82, 2.24) is 0 Å². The number of rotatable bonds is 2. The van der Waals surface area contributed by atoms with Crippen LogP contribution in [0.15, 0.2) is 69.6 Å². The van der Waals surface area contributed by atoms with Crippen molar-refractivity contribution >= 4 is 27.4 Å². The van der Waals surface area contributed by atoms with Crippen molar-refractivity contribution in [2.45, 2.75) is 32.6 Å². The van der Waals surface area contributed by atoms with Crippen LogP contribution in [0.1, 0.15) is 38.2 Å². The maximum atomic E-state index is 14.8. The summed E-state index contributed by atoms with van der Waals surface area (Å²) in [4.78, 5) is 14.8. The lowest BCUT2D eigenvalue weighted by Gasteiger charge is -2.43. The fraction of sp³-hybridized carbons (Fsp3) is 0.250. The molecule has 2 aliphatic rings. The van der Waals surface area contributed by atoms with Crippen molar-refractivity contribution in [2.75, 3.05) is 4.90 Å². The molecular weight excluding hydrogens is 464 g/mol. The van der Waals surface area contributed by atoms with E-state index >= 15 is 0 Å². The van der Waals surface area contributed by atoms with Crippen LogP contribution < -0.4 is 10.6 Å². The summed E-state index contributed by atoms with van der Waals surface area (Å²) in [6, 6.07) is 12.7. The highest BCUT2D eigenvalue weighted by Gasteiger charge is 2.45. The molecule has 0 radical (unpaired) electrons. The molecule has 7 heteroatoms. The van der Waals surface area contributed by atoms with Gasteiger partial charge in [-0.3, -0.25) is 9.69 Å². The molecule has 1 aliphatic heterocycles. The maximum absolute atomic E-state index is 14.8. The Kier molecular flexibility index (Phi) is 5.22. The van der Waals surface area contributed by atoms with Crippen LogP contribution in [0.2, 0.25) is 0 Å². The second-order valence-electron chi connectivity index (χ2n) is 8.63. The van der Waals surface area contributed by atoms with E-state index in [9.17, 15) is 18.8 Å². The van der Waals surface area contributed by atoms with Crippen molar-refractivity contribution in [1.29, 1.82) is 5.26 Å². The van der Waals surface area contributed by atoms with E-state index in [0.717, 1.165) is 22.2 Å². The topological polar surface area (TPSA) is 70.1 Å². The van der Waals surface area contributed by atoms with Gasteiger partial charge in [0.25, 0.3) is 0 Å². The smallest absolute Gasteiger partial charge is 0.162 e. The van der Waals surface area contributed by atoms with Gasteiger partial charge in [-0.1, -0.05) is 41.9 Å². The summed E-state index contributed by atoms with van der Waals surface area (Å²) in [6.45, 7) is 3.92. The summed E-state index contributed by atoms with van der Waals surface area (Å²) in [7, 11) is 0. The van der Waals surface area contributed by atoms with Crippen LogP contribution in [-0.4, -0.2) is 5.78 Å². The van der Waals surface area contributed by atoms with Crippen molar-refractivity contribution in [3.63, 3.8) is 0 Å². The number of halogens is 3. The molecule has 2 aromatic carbocycles. The number of Topliss-reactive ketones (excluding diaryl/α,β-unsaturated/α-hetero) is 1. The average molecular weight is 484 g/mol. The fourth-order valence-electron chi connectivity index (χ4n) is 4.47. The van der Waals surface area contributed by atoms with Gasteiger partial charge in [-0.25, -0.2) is 8.78 Å². The number of nitrogens with zero attached hydrogens (tertiary/aromatic N) is 2. The van der Waals surface area contributed by atoms with Crippen molar-refractivity contribution < 1.29 is 13.6 Å². The molecule has 158 valence electrons. The van der Waals surface area contributed by atoms with Gasteiger partial charge >= 0.3 is 0 Å². The van der Waals surface area contributed by atoms with E-state index in [1.165, 1.54) is 11.0 Å². The molecule has 1 unspecified atom stereocenters. The van der Waals surface area contributed by atoms with Gasteiger partial charge in [0.05, 0.1) is 23.2 Å². The normalized spacial score (nSPS) is 20.6. The zero-order valence-corrected chi connectivity index (χ0v) is 18.6. The summed E-state index contributed by atoms with van der Waals surface area (Å²) in [6.07, 6.45) is 0.753. The molecule has 1 heterocycles. The van der Waals surface area contributed by atoms with E-state index < -0.39 is 17.6 Å². The molecule has 1 aliphatic carbocycles. The zero-order chi connectivity index (χ0) is 22.5. The van der Waals surface area contributed by atoms with Crippen molar-refractivity contribution in [3.05, 3.63) is 86.8 Å². The van der Waals surface area contributed by atoms with Gasteiger partial charge in [0, 0.05) is 28.2 Å². The number of hydrogen-bond acceptors (Lipinski definition) is 4. The first-order chi connectivity index (χ1) is 14.6. The van der Waals surface area contributed by atoms with E-state index in [2.05, 4.69) is 22.0 Å². The third kappa shape index (κ3) is 3.66. The number of carbonyl (C=O) groups is 1. The third-order valence-corrected chi connectivity index (χ3v) is 6.21. The predicted octanol–water partition coefficient (Wildman–Crippen LogP) is 5.67. The first-order valence-electron chi connectivity index (χ1n) is 9.79. The standard InChI is InChI=1S/C24H20BrF2N3O/c1-24(2)10-19-22(20(31)11-24)21(13-4-3-5-14(25)8-13)16(12-28)23(29)30(19)18-7-6-15(26)9-17(18)27/h3-9,21H,10-11,29H2,1-2H3. The van der Waals surface area contributed by atoms with Gasteiger partial charge in [0.15, 0.2) is 5.78 Å². The minimum Gasteiger partial charge on any atom is -0.384 e. The average Bonchev–Trinajstić information content (AvgIpc) is 2.67. The Hall–Kier alpha value is -2.98. The molecule has 0 amide bonds. The van der Waals surface area contributed by atoms with Gasteiger partial charge < -0.3 is 5.73 Å². The zero-order valence-electron chi connectivity index (χ0n) is 17.0. The van der Waals surface area contributed by atoms with Crippen molar-refractivity contribution in [3.8, 4) is 6.07 Å². The lowest BCUT2D eigenvalue weighted by molar-refractivity contribution is -0.118. The monoisotopic (exact) mass is 483 g/mol. The van der Waals surface area contributed by atoms with Crippen LogP contribution in [0, 0.1) is 28.4 Å². The van der Waals surface area contributed by atoms with Gasteiger partial charge in [-0.2, -0.15) is 5.26 Å². The number of nitriles is 1. The largest absolute Gasteiger partial charge is 0.384 e. The molecule has 0 saturated heterocycles. The Morgan fingerprint density at radius 1 is 1.19 bits per heavy atom. The molecule has 4 rings (SSSR count). The molecule has 0 saturated carbocycles. The summed E-state index contributed by atoms with van der Waals surface area (Å²) >= 11 is 3.45. The Morgan fingerprint density at radius 3 is 2.58 bits per heavy atom. The van der Waals surface area contributed by atoms with Gasteiger partial charge in [0.1, 0.15) is 17.5 Å². The molecular formula is C24H20BrF2N3O. The van der Waals surface area contributed by atoms with E-state index in [1.54, 1.807) is 0 Å². The summed E-state index contributed by atoms with van der Waals surface area (Å²) in [5.74, 6) is -2.25. The minimum atomic E-state index is -0.816. The Bertz CT molecular complexity index is 1210. The number of nitrogens with two attached hydrogens (primary N) is 1. The van der Waals surface area contributed by atoms with Gasteiger partial charge in [-0.15, -0.1) is 0 Å². The number of allylic oxidation sites excluding steroid dienone is 3. The molecule has 0 bridgehead atoms. The summed E-state index contributed by atoms with van der Waals surface area (Å²) < 4.78 is 29.2. The third-order valence-electron chi connectivity index (χ3n) is 5.71. The number of carbonyl (C=O) groups excluding carboxylic acids is 1. The van der Waals surface area contributed by atoms with Crippen LogP contribution in [0.25, 0.3) is 0 Å². The molecule has 2 aromatic rings. The highest BCUT2D eigenvalue weighted by Crippen LogP contribution is 2.50. The van der Waals surface area contributed by atoms with Gasteiger partial charge in [-0.05, 0) is 41.7 Å². The van der Waals surface area contributed by atoms with Crippen LogP contribution in [0.3, 0.4) is 0 Å². The Morgan fingerprint density at radius 2 is 1.94 bits per heavy atom. The van der Waals surface area contributed by atoms with Crippen molar-refractivity contribution in [2.24, 2.45) is 11.1 Å². The van der Waals surface area contributed by atoms with Gasteiger partial charge in [0.2, 0.25) is 0 Å². The number of benzene rings is 2. The molecule has 4 nitrogen and oxygen atoms in total. The Balaban J connectivity index is 2.03. The number of anilines is 1. The van der Waals surface area contributed by atoms with Crippen LogP contribution >= 0.6 is 15.9 Å². The first-order valence-corrected chi connectivity index (χ1v) is 10.6. The number of hydrogen-bond donors (Lipinski definition) is 1. The molecule has 0 spiro atoms. The number of ketones is 1. The van der Waals surface area contributed by atoms with E-state index in [4.69, 9.17) is 5.73 Å². The van der Waals surface area contributed by atoms with E-state index in [0.29, 0.717) is 24.1 Å². The van der Waals surface area contributed by atoms with E-state index in [1.807, 2.05) is 38.1 Å². The Labute approximate surface area is 187 Å². The van der Waals surface area contributed by atoms with E-state index in [-0.39, 0.29) is 28.3 Å². The lowest BCUT2D eigenvalue weighted by Crippen LogP contribution is -2.42. The maximum Gasteiger partial charge on any atom is 0.162 e. The molecule has 0 aromatic heterocycles. The van der Waals surface area contributed by atoms with Crippen LogP contribution in [0.5, 0.6) is 0 Å². The fourth-order valence-corrected chi connectivity index (χ4v) is 4.88. The first kappa shape index (κ1) is 21.3. The quantitative estimate of drug-likeness (QED) is 0.597. The summed E-state index contributed by atoms with van der Waals surface area (Å²) in [5.41, 5.74) is 7.97. The lowest BCUT2D eigenvalue weighted by atomic mass is 9.68. The highest BCUT2D eigenvalue weighted by molar-refractivity contribution is 9.10. The second kappa shape index (κ2) is 7.61. The molecule has 0 fully saturated rings. The van der Waals surface area contributed by atoms with Crippen LogP contribution in [0.4, 0.5) is 14.5 Å². The van der Waals surface area contributed by atoms with Crippen LogP contribution in [-0.2, 0) is 4.79 Å². The predicted molar refractivity (Wildman–Crippen MR) is 118 cm³/mol. The molecule has 1 atom stereocenters. The summed E-state index contributed by atoms with van der Waals surface area (Å²) in [5, 5.41) is 10.0. The molecule has 31 heavy (non-hydrogen) atoms.